The van der Waals surface area contributed by atoms with Gasteiger partial charge in [0, 0.05) is 19.3 Å². The quantitative estimate of drug-likeness (QED) is 0.733. The van der Waals surface area contributed by atoms with Gasteiger partial charge in [0.25, 0.3) is 5.97 Å². The molecule has 0 radical (unpaired) electrons. The Morgan fingerprint density at radius 2 is 1.72 bits per heavy atom. The van der Waals surface area contributed by atoms with Gasteiger partial charge in [-0.3, -0.25) is 9.59 Å². The first-order valence-electron chi connectivity index (χ1n) is 6.48. The molecule has 2 fully saturated rings. The summed E-state index contributed by atoms with van der Waals surface area (Å²) in [7, 11) is 0. The van der Waals surface area contributed by atoms with Crippen LogP contribution < -0.4 is 0 Å². The minimum atomic E-state index is -0.833. The monoisotopic (exact) mass is 256 g/mol. The third-order valence-corrected chi connectivity index (χ3v) is 5.02. The minimum absolute atomic E-state index is 0.125. The molecule has 0 aromatic rings. The maximum Gasteiger partial charge on any atom is 0.302 e. The van der Waals surface area contributed by atoms with Gasteiger partial charge in [-0.05, 0) is 30.6 Å². The van der Waals surface area contributed by atoms with Crippen LogP contribution in [0.15, 0.2) is 0 Å². The van der Waals surface area contributed by atoms with Gasteiger partial charge in [-0.15, -0.1) is 0 Å². The van der Waals surface area contributed by atoms with Crippen LogP contribution in [-0.2, 0) is 14.3 Å². The Kier molecular flexibility index (Phi) is 4.08. The van der Waals surface area contributed by atoms with Gasteiger partial charge in [0.2, 0.25) is 0 Å². The van der Waals surface area contributed by atoms with E-state index in [-0.39, 0.29) is 17.5 Å². The molecule has 2 aliphatic carbocycles. The summed E-state index contributed by atoms with van der Waals surface area (Å²) in [6.07, 6.45) is 3.75. The molecule has 0 saturated heterocycles. The van der Waals surface area contributed by atoms with Gasteiger partial charge in [0.05, 0.1) is 0 Å². The van der Waals surface area contributed by atoms with E-state index in [0.717, 1.165) is 19.3 Å². The maximum atomic E-state index is 11.0. The van der Waals surface area contributed by atoms with Gasteiger partial charge in [-0.2, -0.15) is 0 Å². The maximum absolute atomic E-state index is 11.0. The highest BCUT2D eigenvalue weighted by Crippen LogP contribution is 2.66. The zero-order valence-corrected chi connectivity index (χ0v) is 11.9. The summed E-state index contributed by atoms with van der Waals surface area (Å²) in [6.45, 7) is 9.54. The van der Waals surface area contributed by atoms with Gasteiger partial charge >= 0.3 is 5.97 Å². The Morgan fingerprint density at radius 1 is 1.22 bits per heavy atom. The predicted molar refractivity (Wildman–Crippen MR) is 68.1 cm³/mol. The van der Waals surface area contributed by atoms with Crippen molar-refractivity contribution in [1.82, 2.24) is 0 Å². The van der Waals surface area contributed by atoms with E-state index in [1.54, 1.807) is 0 Å². The number of carboxylic acid groups (broad SMARTS) is 1. The van der Waals surface area contributed by atoms with E-state index < -0.39 is 5.97 Å². The van der Waals surface area contributed by atoms with Gasteiger partial charge in [-0.25, -0.2) is 0 Å². The third kappa shape index (κ3) is 2.52. The van der Waals surface area contributed by atoms with Crippen molar-refractivity contribution in [2.45, 2.75) is 60.0 Å². The van der Waals surface area contributed by atoms with Crippen molar-refractivity contribution in [2.75, 3.05) is 0 Å². The lowest BCUT2D eigenvalue weighted by molar-refractivity contribution is -0.154. The Labute approximate surface area is 109 Å². The number of hydrogen-bond donors (Lipinski definition) is 1. The lowest BCUT2D eigenvalue weighted by Crippen LogP contribution is -2.37. The van der Waals surface area contributed by atoms with E-state index >= 15 is 0 Å². The average molecular weight is 256 g/mol. The number of esters is 1. The number of ether oxygens (including phenoxy) is 1. The molecule has 2 saturated carbocycles. The first-order valence-corrected chi connectivity index (χ1v) is 6.48. The molecule has 0 unspecified atom stereocenters. The largest absolute Gasteiger partial charge is 0.481 e. The van der Waals surface area contributed by atoms with E-state index in [1.807, 2.05) is 0 Å². The van der Waals surface area contributed by atoms with Crippen LogP contribution in [0, 0.1) is 16.7 Å². The molecule has 4 nitrogen and oxygen atoms in total. The van der Waals surface area contributed by atoms with Crippen molar-refractivity contribution >= 4 is 11.9 Å². The van der Waals surface area contributed by atoms with Crippen molar-refractivity contribution in [3.8, 4) is 0 Å². The van der Waals surface area contributed by atoms with Gasteiger partial charge in [0.1, 0.15) is 6.10 Å². The normalized spacial score (nSPS) is 35.6. The second-order valence-electron chi connectivity index (χ2n) is 6.23. The highest BCUT2D eigenvalue weighted by Gasteiger charge is 2.62. The molecule has 2 rings (SSSR count). The molecule has 4 heteroatoms. The summed E-state index contributed by atoms with van der Waals surface area (Å²) in [6, 6.07) is 0. The summed E-state index contributed by atoms with van der Waals surface area (Å²) < 4.78 is 5.44. The van der Waals surface area contributed by atoms with E-state index in [4.69, 9.17) is 14.6 Å². The van der Waals surface area contributed by atoms with Crippen molar-refractivity contribution in [2.24, 2.45) is 16.7 Å². The van der Waals surface area contributed by atoms with Crippen LogP contribution >= 0.6 is 0 Å². The van der Waals surface area contributed by atoms with Crippen LogP contribution in [0.2, 0.25) is 0 Å². The Balaban J connectivity index is 0.000000357. The molecule has 2 bridgehead atoms. The molecule has 1 N–H and O–H groups in total. The SMILES string of the molecule is CC(=O)O.CC(=O)O[C@@H]1C[C@@H]2CC[C@@]1(C)C2(C)C. The van der Waals surface area contributed by atoms with Crippen LogP contribution in [0.5, 0.6) is 0 Å². The van der Waals surface area contributed by atoms with E-state index in [0.29, 0.717) is 5.41 Å². The fourth-order valence-electron chi connectivity index (χ4n) is 3.51. The molecule has 0 spiro atoms. The van der Waals surface area contributed by atoms with Gasteiger partial charge in [-0.1, -0.05) is 20.8 Å². The molecule has 104 valence electrons. The molecule has 3 atom stereocenters. The number of fused-ring (bicyclic) bond motifs is 2. The highest BCUT2D eigenvalue weighted by atomic mass is 16.5. The number of carbonyl (C=O) groups excluding carboxylic acids is 1. The Hall–Kier alpha value is -1.06. The number of carboxylic acids is 1. The summed E-state index contributed by atoms with van der Waals surface area (Å²) in [5, 5.41) is 7.42. The van der Waals surface area contributed by atoms with Crippen LogP contribution in [0.3, 0.4) is 0 Å². The zero-order chi connectivity index (χ0) is 14.1. The number of aliphatic carboxylic acids is 1. The van der Waals surface area contributed by atoms with Gasteiger partial charge in [0.15, 0.2) is 0 Å². The molecule has 0 aromatic heterocycles. The standard InChI is InChI=1S/C12H20O2.C2H4O2/c1-8(13)14-10-7-9-5-6-12(10,4)11(9,2)3;1-2(3)4/h9-10H,5-7H2,1-4H3;1H3,(H,3,4)/t9-,10+,12+;/m0./s1. The summed E-state index contributed by atoms with van der Waals surface area (Å²) in [5.74, 6) is -0.212. The Bertz CT molecular complexity index is 344. The van der Waals surface area contributed by atoms with E-state index in [9.17, 15) is 4.79 Å². The summed E-state index contributed by atoms with van der Waals surface area (Å²) >= 11 is 0. The van der Waals surface area contributed by atoms with Crippen LogP contribution in [-0.4, -0.2) is 23.1 Å². The van der Waals surface area contributed by atoms with Crippen molar-refractivity contribution in [3.05, 3.63) is 0 Å². The number of carbonyl (C=O) groups is 2. The number of rotatable bonds is 1. The fraction of sp³-hybridized carbons (Fsp3) is 0.857. The molecule has 2 aliphatic rings. The van der Waals surface area contributed by atoms with E-state index in [2.05, 4.69) is 20.8 Å². The molecule has 0 aliphatic heterocycles. The van der Waals surface area contributed by atoms with Crippen LogP contribution in [0.4, 0.5) is 0 Å². The second-order valence-corrected chi connectivity index (χ2v) is 6.23. The Morgan fingerprint density at radius 3 is 2.00 bits per heavy atom. The smallest absolute Gasteiger partial charge is 0.302 e. The van der Waals surface area contributed by atoms with Crippen molar-refractivity contribution in [1.29, 1.82) is 0 Å². The second kappa shape index (κ2) is 4.90. The van der Waals surface area contributed by atoms with Crippen LogP contribution in [0.25, 0.3) is 0 Å². The molecule has 18 heavy (non-hydrogen) atoms. The average Bonchev–Trinajstić information content (AvgIpc) is 2.48. The zero-order valence-electron chi connectivity index (χ0n) is 11.9. The number of hydrogen-bond acceptors (Lipinski definition) is 3. The van der Waals surface area contributed by atoms with Crippen molar-refractivity contribution < 1.29 is 19.4 Å². The highest BCUT2D eigenvalue weighted by molar-refractivity contribution is 5.66. The van der Waals surface area contributed by atoms with Crippen LogP contribution in [0.1, 0.15) is 53.9 Å². The molecular formula is C14H24O4. The lowest BCUT2D eigenvalue weighted by Gasteiger charge is -2.38. The first kappa shape index (κ1) is 15.0. The molecule has 0 aromatic carbocycles. The van der Waals surface area contributed by atoms with Gasteiger partial charge < -0.3 is 9.84 Å². The van der Waals surface area contributed by atoms with Crippen molar-refractivity contribution in [3.63, 3.8) is 0 Å². The third-order valence-electron chi connectivity index (χ3n) is 5.02. The molecular weight excluding hydrogens is 232 g/mol. The fourth-order valence-corrected chi connectivity index (χ4v) is 3.51. The topological polar surface area (TPSA) is 63.6 Å². The summed E-state index contributed by atoms with van der Waals surface area (Å²) in [4.78, 5) is 20.0. The predicted octanol–water partition coefficient (Wildman–Crippen LogP) is 2.86. The first-order chi connectivity index (χ1) is 8.11. The minimum Gasteiger partial charge on any atom is -0.481 e. The molecule has 0 heterocycles. The lowest BCUT2D eigenvalue weighted by atomic mass is 9.70. The van der Waals surface area contributed by atoms with E-state index in [1.165, 1.54) is 19.8 Å². The summed E-state index contributed by atoms with van der Waals surface area (Å²) in [5.41, 5.74) is 0.552. The molecule has 0 amide bonds.